The molecule has 1 aliphatic rings. The molecule has 2 heterocycles. The van der Waals surface area contributed by atoms with Crippen molar-refractivity contribution >= 4 is 21.5 Å². The summed E-state index contributed by atoms with van der Waals surface area (Å²) in [4.78, 5) is 0. The van der Waals surface area contributed by atoms with Crippen LogP contribution in [0.2, 0.25) is 0 Å². The van der Waals surface area contributed by atoms with Crippen molar-refractivity contribution in [1.29, 1.82) is 0 Å². The van der Waals surface area contributed by atoms with E-state index in [4.69, 9.17) is 4.74 Å². The lowest BCUT2D eigenvalue weighted by Gasteiger charge is -2.22. The number of rotatable bonds is 0. The summed E-state index contributed by atoms with van der Waals surface area (Å²) in [5.74, 6) is 1.92. The lowest BCUT2D eigenvalue weighted by atomic mass is 9.90. The van der Waals surface area contributed by atoms with Gasteiger partial charge in [0.1, 0.15) is 12.8 Å². The third kappa shape index (κ3) is 1.63. The standard InChI is InChI=1S/C22H18NO/c1-13-11-15-8-6-10-18-20(15)19(14(13)2)21-22(24-18)17-9-5-4-7-16(17)12-23(21)3/h4-12H,1-3H3/q+1. The van der Waals surface area contributed by atoms with Crippen LogP contribution < -0.4 is 9.30 Å². The maximum atomic E-state index is 6.42. The molecule has 24 heavy (non-hydrogen) atoms. The van der Waals surface area contributed by atoms with E-state index in [1.54, 1.807) is 0 Å². The van der Waals surface area contributed by atoms with Gasteiger partial charge >= 0.3 is 0 Å². The zero-order valence-corrected chi connectivity index (χ0v) is 14.1. The molecule has 0 atom stereocenters. The van der Waals surface area contributed by atoms with Crippen molar-refractivity contribution in [3.8, 4) is 22.8 Å². The van der Waals surface area contributed by atoms with Gasteiger partial charge in [-0.25, -0.2) is 0 Å². The van der Waals surface area contributed by atoms with E-state index in [1.165, 1.54) is 38.5 Å². The third-order valence-corrected chi connectivity index (χ3v) is 5.20. The SMILES string of the molecule is Cc1cc2cccc3c2c(c1C)-c1c(c2ccccc2c[n+]1C)O3. The van der Waals surface area contributed by atoms with Crippen LogP contribution >= 0.6 is 0 Å². The van der Waals surface area contributed by atoms with E-state index in [-0.39, 0.29) is 0 Å². The Morgan fingerprint density at radius 2 is 1.71 bits per heavy atom. The number of benzene rings is 3. The van der Waals surface area contributed by atoms with E-state index in [0.717, 1.165) is 16.9 Å². The molecule has 2 nitrogen and oxygen atoms in total. The number of aryl methyl sites for hydroxylation is 2. The van der Waals surface area contributed by atoms with Crippen LogP contribution in [0, 0.1) is 13.8 Å². The normalized spacial score (nSPS) is 12.3. The maximum absolute atomic E-state index is 6.42. The van der Waals surface area contributed by atoms with Gasteiger partial charge in [0.25, 0.3) is 5.69 Å². The van der Waals surface area contributed by atoms with Crippen LogP contribution in [-0.4, -0.2) is 0 Å². The van der Waals surface area contributed by atoms with Crippen molar-refractivity contribution < 1.29 is 9.30 Å². The van der Waals surface area contributed by atoms with Gasteiger partial charge in [0.2, 0.25) is 5.75 Å². The van der Waals surface area contributed by atoms with Gasteiger partial charge in [-0.1, -0.05) is 36.4 Å². The minimum absolute atomic E-state index is 0.953. The molecule has 2 heteroatoms. The van der Waals surface area contributed by atoms with Crippen LogP contribution in [0.1, 0.15) is 11.1 Å². The maximum Gasteiger partial charge on any atom is 0.257 e. The van der Waals surface area contributed by atoms with Gasteiger partial charge < -0.3 is 4.74 Å². The summed E-state index contributed by atoms with van der Waals surface area (Å²) in [5, 5.41) is 4.82. The van der Waals surface area contributed by atoms with Gasteiger partial charge in [-0.2, -0.15) is 4.57 Å². The highest BCUT2D eigenvalue weighted by atomic mass is 16.5. The Morgan fingerprint density at radius 1 is 0.917 bits per heavy atom. The zero-order valence-electron chi connectivity index (χ0n) is 14.1. The molecule has 0 N–H and O–H groups in total. The van der Waals surface area contributed by atoms with Crippen molar-refractivity contribution in [3.63, 3.8) is 0 Å². The van der Waals surface area contributed by atoms with E-state index >= 15 is 0 Å². The summed E-state index contributed by atoms with van der Waals surface area (Å²) in [6.07, 6.45) is 2.19. The number of aromatic nitrogens is 1. The number of ether oxygens (including phenoxy) is 1. The molecule has 0 unspecified atom stereocenters. The van der Waals surface area contributed by atoms with Crippen molar-refractivity contribution in [2.24, 2.45) is 7.05 Å². The minimum Gasteiger partial charge on any atom is -0.449 e. The van der Waals surface area contributed by atoms with E-state index in [0.29, 0.717) is 0 Å². The van der Waals surface area contributed by atoms with Crippen LogP contribution in [0.4, 0.5) is 0 Å². The first-order chi connectivity index (χ1) is 11.6. The molecule has 0 radical (unpaired) electrons. The van der Waals surface area contributed by atoms with Gasteiger partial charge in [-0.3, -0.25) is 0 Å². The van der Waals surface area contributed by atoms with Crippen LogP contribution in [-0.2, 0) is 7.05 Å². The lowest BCUT2D eigenvalue weighted by Crippen LogP contribution is -2.32. The molecule has 0 fully saturated rings. The number of hydrogen-bond acceptors (Lipinski definition) is 1. The molecule has 0 bridgehead atoms. The van der Waals surface area contributed by atoms with Crippen molar-refractivity contribution in [2.75, 3.05) is 0 Å². The molecule has 5 rings (SSSR count). The second kappa shape index (κ2) is 4.57. The Balaban J connectivity index is 2.05. The molecule has 0 spiro atoms. The van der Waals surface area contributed by atoms with Crippen LogP contribution in [0.3, 0.4) is 0 Å². The summed E-state index contributed by atoms with van der Waals surface area (Å²) in [5.41, 5.74) is 5.11. The van der Waals surface area contributed by atoms with Crippen molar-refractivity contribution in [3.05, 3.63) is 65.9 Å². The summed E-state index contributed by atoms with van der Waals surface area (Å²) < 4.78 is 8.62. The molecule has 0 aliphatic carbocycles. The number of nitrogens with zero attached hydrogens (tertiary/aromatic N) is 1. The summed E-state index contributed by atoms with van der Waals surface area (Å²) >= 11 is 0. The first-order valence-corrected chi connectivity index (χ1v) is 8.27. The topological polar surface area (TPSA) is 13.1 Å². The predicted molar refractivity (Wildman–Crippen MR) is 97.6 cm³/mol. The average Bonchev–Trinajstić information content (AvgIpc) is 2.59. The molecule has 3 aromatic carbocycles. The third-order valence-electron chi connectivity index (χ3n) is 5.20. The van der Waals surface area contributed by atoms with Crippen molar-refractivity contribution in [2.45, 2.75) is 13.8 Å². The fourth-order valence-corrected chi connectivity index (χ4v) is 3.92. The Morgan fingerprint density at radius 3 is 2.58 bits per heavy atom. The average molecular weight is 312 g/mol. The van der Waals surface area contributed by atoms with E-state index in [2.05, 4.69) is 80.2 Å². The zero-order chi connectivity index (χ0) is 16.4. The molecular weight excluding hydrogens is 294 g/mol. The van der Waals surface area contributed by atoms with Gasteiger partial charge in [-0.15, -0.1) is 0 Å². The Kier molecular flexibility index (Phi) is 2.58. The minimum atomic E-state index is 0.953. The Hall–Kier alpha value is -2.87. The highest BCUT2D eigenvalue weighted by molar-refractivity contribution is 6.07. The molecule has 1 aromatic heterocycles. The van der Waals surface area contributed by atoms with Crippen LogP contribution in [0.5, 0.6) is 11.5 Å². The second-order valence-electron chi connectivity index (χ2n) is 6.65. The van der Waals surface area contributed by atoms with Crippen LogP contribution in [0.15, 0.2) is 54.7 Å². The fourth-order valence-electron chi connectivity index (χ4n) is 3.92. The molecular formula is C22H18NO+. The van der Waals surface area contributed by atoms with Gasteiger partial charge in [0, 0.05) is 16.2 Å². The van der Waals surface area contributed by atoms with Crippen molar-refractivity contribution in [1.82, 2.24) is 0 Å². The van der Waals surface area contributed by atoms with Crippen LogP contribution in [0.25, 0.3) is 32.8 Å². The molecule has 0 saturated heterocycles. The lowest BCUT2D eigenvalue weighted by molar-refractivity contribution is -0.659. The van der Waals surface area contributed by atoms with E-state index in [1.807, 2.05) is 0 Å². The van der Waals surface area contributed by atoms with Gasteiger partial charge in [-0.05, 0) is 42.5 Å². The Labute approximate surface area is 140 Å². The van der Waals surface area contributed by atoms with E-state index < -0.39 is 0 Å². The molecule has 0 saturated carbocycles. The first-order valence-electron chi connectivity index (χ1n) is 8.27. The highest BCUT2D eigenvalue weighted by Crippen LogP contribution is 2.49. The van der Waals surface area contributed by atoms with Gasteiger partial charge in [0.15, 0.2) is 6.20 Å². The predicted octanol–water partition coefficient (Wildman–Crippen LogP) is 5.21. The molecule has 4 aromatic rings. The first kappa shape index (κ1) is 13.6. The smallest absolute Gasteiger partial charge is 0.257 e. The number of pyridine rings is 1. The Bertz CT molecular complexity index is 1160. The largest absolute Gasteiger partial charge is 0.449 e. The number of fused-ring (bicyclic) bond motifs is 4. The molecule has 116 valence electrons. The quantitative estimate of drug-likeness (QED) is 0.358. The monoisotopic (exact) mass is 312 g/mol. The number of hydrogen-bond donors (Lipinski definition) is 0. The highest BCUT2D eigenvalue weighted by Gasteiger charge is 2.31. The summed E-state index contributed by atoms with van der Waals surface area (Å²) in [6.45, 7) is 4.40. The summed E-state index contributed by atoms with van der Waals surface area (Å²) in [7, 11) is 2.11. The van der Waals surface area contributed by atoms with E-state index in [9.17, 15) is 0 Å². The fraction of sp³-hybridized carbons (Fsp3) is 0.136. The van der Waals surface area contributed by atoms with Gasteiger partial charge in [0.05, 0.1) is 5.56 Å². The second-order valence-corrected chi connectivity index (χ2v) is 6.65. The molecule has 1 aliphatic heterocycles. The summed E-state index contributed by atoms with van der Waals surface area (Å²) in [6, 6.07) is 17.0. The molecule has 0 amide bonds.